The van der Waals surface area contributed by atoms with Gasteiger partial charge in [0.1, 0.15) is 18.2 Å². The molecule has 0 aromatic heterocycles. The molecule has 0 saturated heterocycles. The maximum absolute atomic E-state index is 12.8. The molecular weight excluding hydrogens is 269 g/mol. The quantitative estimate of drug-likeness (QED) is 0.823. The lowest BCUT2D eigenvalue weighted by Gasteiger charge is -2.10. The van der Waals surface area contributed by atoms with Crippen molar-refractivity contribution >= 4 is 0 Å². The number of benzene rings is 2. The van der Waals surface area contributed by atoms with Crippen molar-refractivity contribution in [1.82, 2.24) is 5.32 Å². The molecule has 0 aliphatic carbocycles. The third-order valence-electron chi connectivity index (χ3n) is 2.99. The fraction of sp³-hybridized carbons (Fsp3) is 0.294. The summed E-state index contributed by atoms with van der Waals surface area (Å²) < 4.78 is 18.5. The number of halogens is 1. The van der Waals surface area contributed by atoms with Gasteiger partial charge in [0.2, 0.25) is 0 Å². The Bertz CT molecular complexity index is 555. The normalized spacial score (nSPS) is 12.1. The summed E-state index contributed by atoms with van der Waals surface area (Å²) in [5.41, 5.74) is 2.02. The van der Waals surface area contributed by atoms with Gasteiger partial charge in [-0.2, -0.15) is 0 Å². The van der Waals surface area contributed by atoms with Crippen LogP contribution in [0.1, 0.15) is 18.1 Å². The van der Waals surface area contributed by atoms with Crippen LogP contribution in [-0.4, -0.2) is 17.8 Å². The van der Waals surface area contributed by atoms with E-state index in [9.17, 15) is 9.50 Å². The highest BCUT2D eigenvalue weighted by Crippen LogP contribution is 2.15. The lowest BCUT2D eigenvalue weighted by molar-refractivity contribution is 0.191. The number of hydrogen-bond acceptors (Lipinski definition) is 3. The molecule has 3 nitrogen and oxygen atoms in total. The van der Waals surface area contributed by atoms with E-state index >= 15 is 0 Å². The molecule has 21 heavy (non-hydrogen) atoms. The van der Waals surface area contributed by atoms with Gasteiger partial charge in [0, 0.05) is 13.1 Å². The van der Waals surface area contributed by atoms with Gasteiger partial charge in [0.05, 0.1) is 6.10 Å². The molecule has 2 aromatic carbocycles. The Labute approximate surface area is 124 Å². The van der Waals surface area contributed by atoms with Gasteiger partial charge in [0.25, 0.3) is 0 Å². The van der Waals surface area contributed by atoms with Crippen molar-refractivity contribution in [2.24, 2.45) is 0 Å². The summed E-state index contributed by atoms with van der Waals surface area (Å²) >= 11 is 0. The van der Waals surface area contributed by atoms with Crippen molar-refractivity contribution < 1.29 is 14.2 Å². The maximum atomic E-state index is 12.8. The average Bonchev–Trinajstić information content (AvgIpc) is 2.47. The van der Waals surface area contributed by atoms with Crippen LogP contribution in [0.25, 0.3) is 0 Å². The van der Waals surface area contributed by atoms with Crippen LogP contribution in [0.5, 0.6) is 5.75 Å². The van der Waals surface area contributed by atoms with Gasteiger partial charge in [-0.15, -0.1) is 0 Å². The Morgan fingerprint density at radius 2 is 1.90 bits per heavy atom. The first-order valence-electron chi connectivity index (χ1n) is 6.98. The molecule has 0 aliphatic rings. The predicted octanol–water partition coefficient (Wildman–Crippen LogP) is 2.88. The molecule has 0 bridgehead atoms. The van der Waals surface area contributed by atoms with E-state index < -0.39 is 0 Å². The summed E-state index contributed by atoms with van der Waals surface area (Å²) in [5, 5.41) is 12.4. The van der Waals surface area contributed by atoms with Crippen molar-refractivity contribution in [1.29, 1.82) is 0 Å². The minimum absolute atomic E-state index is 0.245. The average molecular weight is 289 g/mol. The number of nitrogens with one attached hydrogen (secondary N) is 1. The summed E-state index contributed by atoms with van der Waals surface area (Å²) in [5.74, 6) is 0.528. The molecule has 2 rings (SSSR count). The zero-order valence-corrected chi connectivity index (χ0v) is 12.1. The van der Waals surface area contributed by atoms with Gasteiger partial charge < -0.3 is 15.2 Å². The molecule has 2 aromatic rings. The summed E-state index contributed by atoms with van der Waals surface area (Å²) in [6.07, 6.45) is -0.358. The van der Waals surface area contributed by atoms with Crippen molar-refractivity contribution in [3.05, 3.63) is 65.5 Å². The molecule has 2 N–H and O–H groups in total. The van der Waals surface area contributed by atoms with Crippen LogP contribution in [0, 0.1) is 5.82 Å². The van der Waals surface area contributed by atoms with Gasteiger partial charge in [-0.25, -0.2) is 4.39 Å². The fourth-order valence-electron chi connectivity index (χ4n) is 1.92. The molecule has 4 heteroatoms. The number of aliphatic hydroxyl groups is 1. The van der Waals surface area contributed by atoms with Crippen molar-refractivity contribution in [3.8, 4) is 5.75 Å². The molecule has 0 unspecified atom stereocenters. The molecule has 112 valence electrons. The first-order chi connectivity index (χ1) is 10.1. The fourth-order valence-corrected chi connectivity index (χ4v) is 1.92. The van der Waals surface area contributed by atoms with E-state index in [2.05, 4.69) is 5.32 Å². The number of hydrogen-bond donors (Lipinski definition) is 2. The lowest BCUT2D eigenvalue weighted by atomic mass is 10.2. The minimum atomic E-state index is -0.358. The smallest absolute Gasteiger partial charge is 0.123 e. The van der Waals surface area contributed by atoms with Gasteiger partial charge >= 0.3 is 0 Å². The van der Waals surface area contributed by atoms with Crippen molar-refractivity contribution in [2.75, 3.05) is 6.54 Å². The largest absolute Gasteiger partial charge is 0.489 e. The topological polar surface area (TPSA) is 41.5 Å². The van der Waals surface area contributed by atoms with Crippen LogP contribution in [0.3, 0.4) is 0 Å². The first kappa shape index (κ1) is 15.5. The Morgan fingerprint density at radius 3 is 2.62 bits per heavy atom. The van der Waals surface area contributed by atoms with Crippen LogP contribution in [0.4, 0.5) is 4.39 Å². The Balaban J connectivity index is 1.87. The van der Waals surface area contributed by atoms with Gasteiger partial charge in [-0.1, -0.05) is 24.3 Å². The summed E-state index contributed by atoms with van der Waals surface area (Å²) in [7, 11) is 0. The standard InChI is InChI=1S/C17H20FNO2/c1-13(20)10-19-11-15-3-2-4-17(9-15)21-12-14-5-7-16(18)8-6-14/h2-9,13,19-20H,10-12H2,1H3/t13-/m0/s1. The predicted molar refractivity (Wildman–Crippen MR) is 80.6 cm³/mol. The molecular formula is C17H20FNO2. The Hall–Kier alpha value is -1.91. The zero-order chi connectivity index (χ0) is 15.1. The molecule has 0 saturated carbocycles. The summed E-state index contributed by atoms with van der Waals surface area (Å²) in [6.45, 7) is 3.39. The Kier molecular flexibility index (Phi) is 5.72. The molecule has 0 aliphatic heterocycles. The second-order valence-electron chi connectivity index (χ2n) is 5.04. The third kappa shape index (κ3) is 5.53. The number of aliphatic hydroxyl groups excluding tert-OH is 1. The Morgan fingerprint density at radius 1 is 1.14 bits per heavy atom. The van der Waals surface area contributed by atoms with E-state index in [4.69, 9.17) is 4.74 Å². The van der Waals surface area contributed by atoms with Gasteiger partial charge in [-0.3, -0.25) is 0 Å². The van der Waals surface area contributed by atoms with E-state index in [1.807, 2.05) is 24.3 Å². The minimum Gasteiger partial charge on any atom is -0.489 e. The highest BCUT2D eigenvalue weighted by atomic mass is 19.1. The molecule has 0 radical (unpaired) electrons. The van der Waals surface area contributed by atoms with E-state index in [1.54, 1.807) is 19.1 Å². The van der Waals surface area contributed by atoms with Crippen molar-refractivity contribution in [2.45, 2.75) is 26.2 Å². The number of ether oxygens (including phenoxy) is 1. The van der Waals surface area contributed by atoms with Gasteiger partial charge in [-0.05, 0) is 42.3 Å². The third-order valence-corrected chi connectivity index (χ3v) is 2.99. The van der Waals surface area contributed by atoms with E-state index in [-0.39, 0.29) is 11.9 Å². The van der Waals surface area contributed by atoms with Crippen LogP contribution in [-0.2, 0) is 13.2 Å². The van der Waals surface area contributed by atoms with Crippen LogP contribution >= 0.6 is 0 Å². The first-order valence-corrected chi connectivity index (χ1v) is 6.98. The lowest BCUT2D eigenvalue weighted by Crippen LogP contribution is -2.23. The molecule has 0 heterocycles. The maximum Gasteiger partial charge on any atom is 0.123 e. The highest BCUT2D eigenvalue weighted by Gasteiger charge is 2.00. The van der Waals surface area contributed by atoms with E-state index in [1.165, 1.54) is 12.1 Å². The van der Waals surface area contributed by atoms with Crippen LogP contribution in [0.15, 0.2) is 48.5 Å². The summed E-state index contributed by atoms with van der Waals surface area (Å²) in [6, 6.07) is 14.1. The number of rotatable bonds is 7. The van der Waals surface area contributed by atoms with Crippen LogP contribution in [0.2, 0.25) is 0 Å². The second-order valence-corrected chi connectivity index (χ2v) is 5.04. The SMILES string of the molecule is C[C@H](O)CNCc1cccc(OCc2ccc(F)cc2)c1. The zero-order valence-electron chi connectivity index (χ0n) is 12.1. The van der Waals surface area contributed by atoms with Crippen molar-refractivity contribution in [3.63, 3.8) is 0 Å². The van der Waals surface area contributed by atoms with E-state index in [0.717, 1.165) is 16.9 Å². The second kappa shape index (κ2) is 7.76. The molecule has 1 atom stereocenters. The molecule has 0 amide bonds. The van der Waals surface area contributed by atoms with E-state index in [0.29, 0.717) is 19.7 Å². The molecule has 0 spiro atoms. The molecule has 0 fully saturated rings. The van der Waals surface area contributed by atoms with Gasteiger partial charge in [0.15, 0.2) is 0 Å². The highest BCUT2D eigenvalue weighted by molar-refractivity contribution is 5.29. The summed E-state index contributed by atoms with van der Waals surface area (Å²) in [4.78, 5) is 0. The van der Waals surface area contributed by atoms with Crippen LogP contribution < -0.4 is 10.1 Å². The monoisotopic (exact) mass is 289 g/mol.